The van der Waals surface area contributed by atoms with Crippen LogP contribution < -0.4 is 0 Å². The lowest BCUT2D eigenvalue weighted by Crippen LogP contribution is -2.07. The fourth-order valence-corrected chi connectivity index (χ4v) is 2.21. The Morgan fingerprint density at radius 1 is 1.42 bits per heavy atom. The predicted molar refractivity (Wildman–Crippen MR) is 65.0 cm³/mol. The number of ether oxygens (including phenoxy) is 1. The van der Waals surface area contributed by atoms with Crippen LogP contribution in [0.15, 0.2) is 23.1 Å². The fourth-order valence-electron chi connectivity index (χ4n) is 1.49. The van der Waals surface area contributed by atoms with Gasteiger partial charge < -0.3 is 9.84 Å². The third kappa shape index (κ3) is 5.42. The molecular formula is C12H13F3O3S. The number of phenolic OH excluding ortho intramolecular Hbond substituents is 1. The maximum atomic E-state index is 12.4. The van der Waals surface area contributed by atoms with E-state index in [1.165, 1.54) is 18.2 Å². The van der Waals surface area contributed by atoms with Gasteiger partial charge in [0.25, 0.3) is 0 Å². The first-order valence-corrected chi connectivity index (χ1v) is 6.37. The van der Waals surface area contributed by atoms with Gasteiger partial charge in [0, 0.05) is 16.9 Å². The molecule has 0 amide bonds. The maximum Gasteiger partial charge on any atom is 0.446 e. The first kappa shape index (κ1) is 15.7. The molecule has 1 aromatic carbocycles. The minimum Gasteiger partial charge on any atom is -0.508 e. The summed E-state index contributed by atoms with van der Waals surface area (Å²) in [7, 11) is 0. The van der Waals surface area contributed by atoms with E-state index >= 15 is 0 Å². The van der Waals surface area contributed by atoms with E-state index in [0.29, 0.717) is 0 Å². The molecule has 1 aromatic rings. The summed E-state index contributed by atoms with van der Waals surface area (Å²) in [6.45, 7) is 1.85. The molecule has 0 aliphatic rings. The zero-order valence-electron chi connectivity index (χ0n) is 10.2. The van der Waals surface area contributed by atoms with E-state index < -0.39 is 11.5 Å². The van der Waals surface area contributed by atoms with Crippen LogP contribution in [0.2, 0.25) is 0 Å². The van der Waals surface area contributed by atoms with Gasteiger partial charge >= 0.3 is 11.5 Å². The van der Waals surface area contributed by atoms with Crippen LogP contribution in [-0.4, -0.2) is 23.2 Å². The Morgan fingerprint density at radius 2 is 2.11 bits per heavy atom. The molecule has 0 atom stereocenters. The van der Waals surface area contributed by atoms with Crippen LogP contribution in [-0.2, 0) is 16.0 Å². The second-order valence-corrected chi connectivity index (χ2v) is 4.71. The minimum absolute atomic E-state index is 0.00389. The van der Waals surface area contributed by atoms with Crippen molar-refractivity contribution in [3.63, 3.8) is 0 Å². The Balaban J connectivity index is 2.83. The van der Waals surface area contributed by atoms with Gasteiger partial charge in [-0.1, -0.05) is 6.07 Å². The number of rotatable bonds is 5. The van der Waals surface area contributed by atoms with Crippen molar-refractivity contribution in [2.45, 2.75) is 30.2 Å². The van der Waals surface area contributed by atoms with Crippen molar-refractivity contribution in [2.24, 2.45) is 0 Å². The molecule has 0 bridgehead atoms. The van der Waals surface area contributed by atoms with Crippen LogP contribution in [0.4, 0.5) is 13.2 Å². The average molecular weight is 294 g/mol. The number of carbonyl (C=O) groups is 1. The summed E-state index contributed by atoms with van der Waals surface area (Å²) in [5.41, 5.74) is -4.33. The minimum atomic E-state index is -4.44. The monoisotopic (exact) mass is 294 g/mol. The lowest BCUT2D eigenvalue weighted by atomic mass is 10.1. The number of esters is 1. The highest BCUT2D eigenvalue weighted by Gasteiger charge is 2.30. The molecule has 0 fully saturated rings. The number of aromatic hydroxyl groups is 1. The number of thioether (sulfide) groups is 1. The quantitative estimate of drug-likeness (QED) is 0.667. The molecule has 0 saturated heterocycles. The second kappa shape index (κ2) is 6.70. The Hall–Kier alpha value is -1.37. The largest absolute Gasteiger partial charge is 0.508 e. The topological polar surface area (TPSA) is 46.5 Å². The Morgan fingerprint density at radius 3 is 2.68 bits per heavy atom. The van der Waals surface area contributed by atoms with Crippen molar-refractivity contribution in [3.8, 4) is 5.75 Å². The molecule has 0 unspecified atom stereocenters. The summed E-state index contributed by atoms with van der Waals surface area (Å²) in [5, 5.41) is 9.60. The average Bonchev–Trinajstić information content (AvgIpc) is 2.26. The predicted octanol–water partition coefficient (Wildman–Crippen LogP) is 3.50. The molecule has 0 heterocycles. The third-order valence-corrected chi connectivity index (χ3v) is 3.05. The SMILES string of the molecule is CCOC(=O)CCc1c(O)cccc1SC(F)(F)F. The lowest BCUT2D eigenvalue weighted by molar-refractivity contribution is -0.143. The molecule has 19 heavy (non-hydrogen) atoms. The first-order valence-electron chi connectivity index (χ1n) is 5.55. The number of carbonyl (C=O) groups excluding carboxylic acids is 1. The number of halogens is 3. The normalized spacial score (nSPS) is 11.4. The van der Waals surface area contributed by atoms with E-state index in [4.69, 9.17) is 4.74 Å². The van der Waals surface area contributed by atoms with E-state index in [0.717, 1.165) is 0 Å². The van der Waals surface area contributed by atoms with Crippen LogP contribution in [0.5, 0.6) is 5.75 Å². The van der Waals surface area contributed by atoms with Gasteiger partial charge in [-0.25, -0.2) is 0 Å². The number of hydrogen-bond acceptors (Lipinski definition) is 4. The van der Waals surface area contributed by atoms with Gasteiger partial charge in [-0.15, -0.1) is 0 Å². The molecule has 0 aliphatic heterocycles. The maximum absolute atomic E-state index is 12.4. The van der Waals surface area contributed by atoms with Gasteiger partial charge in [0.05, 0.1) is 6.61 Å². The standard InChI is InChI=1S/C12H13F3O3S/c1-2-18-11(17)7-6-8-9(16)4-3-5-10(8)19-12(13,14)15/h3-5,16H,2,6-7H2,1H3. The van der Waals surface area contributed by atoms with Crippen LogP contribution >= 0.6 is 11.8 Å². The van der Waals surface area contributed by atoms with E-state index in [9.17, 15) is 23.1 Å². The van der Waals surface area contributed by atoms with Crippen molar-refractivity contribution >= 4 is 17.7 Å². The van der Waals surface area contributed by atoms with Gasteiger partial charge in [-0.3, -0.25) is 4.79 Å². The summed E-state index contributed by atoms with van der Waals surface area (Å²) >= 11 is -0.306. The summed E-state index contributed by atoms with van der Waals surface area (Å²) in [4.78, 5) is 11.1. The second-order valence-electron chi connectivity index (χ2n) is 3.61. The zero-order chi connectivity index (χ0) is 14.5. The highest BCUT2D eigenvalue weighted by molar-refractivity contribution is 8.00. The molecule has 0 spiro atoms. The molecule has 1 N–H and O–H groups in total. The van der Waals surface area contributed by atoms with E-state index in [1.807, 2.05) is 0 Å². The van der Waals surface area contributed by atoms with Gasteiger partial charge in [0.2, 0.25) is 0 Å². The Kier molecular flexibility index (Phi) is 5.53. The smallest absolute Gasteiger partial charge is 0.446 e. The molecule has 106 valence electrons. The van der Waals surface area contributed by atoms with Crippen LogP contribution in [0, 0.1) is 0 Å². The molecule has 3 nitrogen and oxygen atoms in total. The lowest BCUT2D eigenvalue weighted by Gasteiger charge is -2.12. The van der Waals surface area contributed by atoms with Crippen molar-refractivity contribution in [1.29, 1.82) is 0 Å². The molecular weight excluding hydrogens is 281 g/mol. The molecule has 1 rings (SSSR count). The highest BCUT2D eigenvalue weighted by Crippen LogP contribution is 2.41. The Labute approximate surface area is 112 Å². The number of hydrogen-bond donors (Lipinski definition) is 1. The number of phenols is 1. The summed E-state index contributed by atoms with van der Waals surface area (Å²) in [5.74, 6) is -0.757. The van der Waals surface area contributed by atoms with E-state index in [-0.39, 0.29) is 47.4 Å². The molecule has 0 aromatic heterocycles. The van der Waals surface area contributed by atoms with Crippen LogP contribution in [0.1, 0.15) is 18.9 Å². The highest BCUT2D eigenvalue weighted by atomic mass is 32.2. The fraction of sp³-hybridized carbons (Fsp3) is 0.417. The molecule has 0 aliphatic carbocycles. The molecule has 0 saturated carbocycles. The number of benzene rings is 1. The molecule has 7 heteroatoms. The van der Waals surface area contributed by atoms with Crippen molar-refractivity contribution < 1.29 is 27.8 Å². The van der Waals surface area contributed by atoms with Crippen LogP contribution in [0.25, 0.3) is 0 Å². The number of alkyl halides is 3. The van der Waals surface area contributed by atoms with E-state index in [2.05, 4.69) is 0 Å². The van der Waals surface area contributed by atoms with Crippen molar-refractivity contribution in [3.05, 3.63) is 23.8 Å². The molecule has 0 radical (unpaired) electrons. The van der Waals surface area contributed by atoms with Crippen LogP contribution in [0.3, 0.4) is 0 Å². The zero-order valence-corrected chi connectivity index (χ0v) is 11.0. The van der Waals surface area contributed by atoms with Gasteiger partial charge in [0.1, 0.15) is 5.75 Å². The van der Waals surface area contributed by atoms with E-state index in [1.54, 1.807) is 6.92 Å². The first-order chi connectivity index (χ1) is 8.83. The Bertz CT molecular complexity index is 446. The van der Waals surface area contributed by atoms with Gasteiger partial charge in [-0.2, -0.15) is 13.2 Å². The summed E-state index contributed by atoms with van der Waals surface area (Å²) < 4.78 is 41.8. The van der Waals surface area contributed by atoms with Crippen molar-refractivity contribution in [1.82, 2.24) is 0 Å². The summed E-state index contributed by atoms with van der Waals surface area (Å²) in [6.07, 6.45) is -0.0687. The van der Waals surface area contributed by atoms with Gasteiger partial charge in [-0.05, 0) is 37.2 Å². The van der Waals surface area contributed by atoms with Gasteiger partial charge in [0.15, 0.2) is 0 Å². The third-order valence-electron chi connectivity index (χ3n) is 2.22. The van der Waals surface area contributed by atoms with Crippen molar-refractivity contribution in [2.75, 3.05) is 6.61 Å². The summed E-state index contributed by atoms with van der Waals surface area (Å²) in [6, 6.07) is 3.89.